The van der Waals surface area contributed by atoms with Gasteiger partial charge < -0.3 is 10.5 Å². The Kier molecular flexibility index (Phi) is 4.58. The van der Waals surface area contributed by atoms with E-state index < -0.39 is 29.2 Å². The van der Waals surface area contributed by atoms with Crippen LogP contribution in [0.3, 0.4) is 0 Å². The second-order valence-corrected chi connectivity index (χ2v) is 4.59. The van der Waals surface area contributed by atoms with Crippen molar-refractivity contribution in [1.82, 2.24) is 0 Å². The van der Waals surface area contributed by atoms with Crippen LogP contribution in [0.2, 0.25) is 0 Å². The molecule has 2 N–H and O–H groups in total. The predicted octanol–water partition coefficient (Wildman–Crippen LogP) is 3.66. The second kappa shape index (κ2) is 5.46. The minimum atomic E-state index is -4.74. The van der Waals surface area contributed by atoms with Crippen LogP contribution in [0.5, 0.6) is 0 Å². The Morgan fingerprint density at radius 3 is 2.32 bits per heavy atom. The molecule has 0 saturated heterocycles. The average molecular weight is 279 g/mol. The Bertz CT molecular complexity index is 441. The van der Waals surface area contributed by atoms with Crippen LogP contribution in [0.4, 0.5) is 17.6 Å². The van der Waals surface area contributed by atoms with Crippen LogP contribution in [-0.2, 0) is 10.9 Å². The minimum absolute atomic E-state index is 0.194. The molecule has 1 aromatic carbocycles. The van der Waals surface area contributed by atoms with E-state index in [1.807, 2.05) is 6.92 Å². The van der Waals surface area contributed by atoms with Crippen molar-refractivity contribution < 1.29 is 22.3 Å². The lowest BCUT2D eigenvalue weighted by molar-refractivity contribution is -0.140. The van der Waals surface area contributed by atoms with Gasteiger partial charge in [0.15, 0.2) is 0 Å². The average Bonchev–Trinajstić information content (AvgIpc) is 2.36. The second-order valence-electron chi connectivity index (χ2n) is 4.59. The molecule has 108 valence electrons. The first-order chi connectivity index (χ1) is 8.65. The van der Waals surface area contributed by atoms with Gasteiger partial charge in [0.25, 0.3) is 0 Å². The number of ether oxygens (including phenoxy) is 1. The summed E-state index contributed by atoms with van der Waals surface area (Å²) in [6.45, 7) is 3.52. The molecule has 0 fully saturated rings. The fraction of sp³-hybridized carbons (Fsp3) is 0.538. The first-order valence-corrected chi connectivity index (χ1v) is 5.83. The summed E-state index contributed by atoms with van der Waals surface area (Å²) in [5.41, 5.74) is 4.02. The van der Waals surface area contributed by atoms with E-state index in [-0.39, 0.29) is 5.56 Å². The Hall–Kier alpha value is -1.14. The maximum absolute atomic E-state index is 13.2. The van der Waals surface area contributed by atoms with Crippen LogP contribution in [-0.4, -0.2) is 12.7 Å². The molecule has 0 heterocycles. The summed E-state index contributed by atoms with van der Waals surface area (Å²) in [4.78, 5) is 0. The van der Waals surface area contributed by atoms with Crippen LogP contribution >= 0.6 is 0 Å². The van der Waals surface area contributed by atoms with Crippen molar-refractivity contribution in [1.29, 1.82) is 0 Å². The SMILES string of the molecule is CCC(C)(OC)C(N)c1ccc(F)c(C(F)(F)F)c1. The van der Waals surface area contributed by atoms with Crippen molar-refractivity contribution in [3.8, 4) is 0 Å². The highest BCUT2D eigenvalue weighted by Crippen LogP contribution is 2.35. The van der Waals surface area contributed by atoms with E-state index in [9.17, 15) is 17.6 Å². The van der Waals surface area contributed by atoms with Crippen molar-refractivity contribution in [2.75, 3.05) is 7.11 Å². The van der Waals surface area contributed by atoms with E-state index in [0.717, 1.165) is 12.1 Å². The van der Waals surface area contributed by atoms with Gasteiger partial charge in [-0.1, -0.05) is 13.0 Å². The molecule has 6 heteroatoms. The zero-order chi connectivity index (χ0) is 14.8. The highest BCUT2D eigenvalue weighted by atomic mass is 19.4. The van der Waals surface area contributed by atoms with E-state index >= 15 is 0 Å². The van der Waals surface area contributed by atoms with E-state index in [1.54, 1.807) is 6.92 Å². The fourth-order valence-corrected chi connectivity index (χ4v) is 1.80. The van der Waals surface area contributed by atoms with Gasteiger partial charge in [0, 0.05) is 7.11 Å². The summed E-state index contributed by atoms with van der Waals surface area (Å²) in [6.07, 6.45) is -4.22. The first-order valence-electron chi connectivity index (χ1n) is 5.83. The van der Waals surface area contributed by atoms with Gasteiger partial charge in [-0.25, -0.2) is 4.39 Å². The van der Waals surface area contributed by atoms with Gasteiger partial charge in [0.2, 0.25) is 0 Å². The van der Waals surface area contributed by atoms with Crippen molar-refractivity contribution in [3.05, 3.63) is 35.1 Å². The number of halogens is 4. The van der Waals surface area contributed by atoms with E-state index in [4.69, 9.17) is 10.5 Å². The Morgan fingerprint density at radius 2 is 1.89 bits per heavy atom. The molecule has 2 atom stereocenters. The first kappa shape index (κ1) is 15.9. The molecule has 0 amide bonds. The summed E-state index contributed by atoms with van der Waals surface area (Å²) in [7, 11) is 1.44. The van der Waals surface area contributed by atoms with Crippen molar-refractivity contribution in [2.24, 2.45) is 5.73 Å². The molecule has 1 rings (SSSR count). The van der Waals surface area contributed by atoms with Crippen LogP contribution in [0.1, 0.15) is 37.4 Å². The van der Waals surface area contributed by atoms with Gasteiger partial charge >= 0.3 is 6.18 Å². The number of hydrogen-bond donors (Lipinski definition) is 1. The largest absolute Gasteiger partial charge is 0.419 e. The van der Waals surface area contributed by atoms with Crippen LogP contribution < -0.4 is 5.73 Å². The number of methoxy groups -OCH3 is 1. The maximum atomic E-state index is 13.2. The molecule has 0 aliphatic rings. The molecule has 0 saturated carbocycles. The molecule has 0 spiro atoms. The molecule has 0 radical (unpaired) electrons. The molecule has 2 unspecified atom stereocenters. The molecule has 0 aliphatic carbocycles. The van der Waals surface area contributed by atoms with Gasteiger partial charge in [-0.2, -0.15) is 13.2 Å². The van der Waals surface area contributed by atoms with E-state index in [1.165, 1.54) is 13.2 Å². The normalized spacial score (nSPS) is 17.1. The quantitative estimate of drug-likeness (QED) is 0.854. The lowest BCUT2D eigenvalue weighted by Gasteiger charge is -2.33. The van der Waals surface area contributed by atoms with Crippen molar-refractivity contribution in [3.63, 3.8) is 0 Å². The molecular weight excluding hydrogens is 262 g/mol. The van der Waals surface area contributed by atoms with Gasteiger partial charge in [0.05, 0.1) is 17.2 Å². The lowest BCUT2D eigenvalue weighted by atomic mass is 9.87. The molecular formula is C13H17F4NO. The maximum Gasteiger partial charge on any atom is 0.419 e. The summed E-state index contributed by atoms with van der Waals surface area (Å²) in [6, 6.07) is 2.00. The van der Waals surface area contributed by atoms with E-state index in [2.05, 4.69) is 0 Å². The summed E-state index contributed by atoms with van der Waals surface area (Å²) >= 11 is 0. The monoisotopic (exact) mass is 279 g/mol. The van der Waals surface area contributed by atoms with Crippen LogP contribution in [0, 0.1) is 5.82 Å². The highest BCUT2D eigenvalue weighted by molar-refractivity contribution is 5.30. The number of alkyl halides is 3. The smallest absolute Gasteiger partial charge is 0.377 e. The van der Waals surface area contributed by atoms with Crippen molar-refractivity contribution >= 4 is 0 Å². The van der Waals surface area contributed by atoms with Gasteiger partial charge in [-0.3, -0.25) is 0 Å². The fourth-order valence-electron chi connectivity index (χ4n) is 1.80. The number of benzene rings is 1. The van der Waals surface area contributed by atoms with Gasteiger partial charge in [-0.15, -0.1) is 0 Å². The summed E-state index contributed by atoms with van der Waals surface area (Å²) < 4.78 is 56.4. The standard InChI is InChI=1S/C13H17F4NO/c1-4-12(2,19-3)11(18)8-5-6-10(14)9(7-8)13(15,16)17/h5-7,11H,4,18H2,1-3H3. The molecule has 0 aromatic heterocycles. The molecule has 19 heavy (non-hydrogen) atoms. The summed E-state index contributed by atoms with van der Waals surface area (Å²) in [5, 5.41) is 0. The zero-order valence-electron chi connectivity index (χ0n) is 11.0. The predicted molar refractivity (Wildman–Crippen MR) is 64.0 cm³/mol. The third-order valence-electron chi connectivity index (χ3n) is 3.48. The topological polar surface area (TPSA) is 35.2 Å². The number of hydrogen-bond acceptors (Lipinski definition) is 2. The third-order valence-corrected chi connectivity index (χ3v) is 3.48. The zero-order valence-corrected chi connectivity index (χ0v) is 11.0. The van der Waals surface area contributed by atoms with Crippen LogP contribution in [0.15, 0.2) is 18.2 Å². The molecule has 0 bridgehead atoms. The third kappa shape index (κ3) is 3.25. The molecule has 1 aromatic rings. The van der Waals surface area contributed by atoms with Crippen LogP contribution in [0.25, 0.3) is 0 Å². The lowest BCUT2D eigenvalue weighted by Crippen LogP contribution is -2.39. The highest BCUT2D eigenvalue weighted by Gasteiger charge is 2.37. The number of rotatable bonds is 4. The van der Waals surface area contributed by atoms with Gasteiger partial charge in [-0.05, 0) is 31.0 Å². The minimum Gasteiger partial charge on any atom is -0.377 e. The molecule has 2 nitrogen and oxygen atoms in total. The Labute approximate surface area is 109 Å². The number of nitrogens with two attached hydrogens (primary N) is 1. The van der Waals surface area contributed by atoms with Gasteiger partial charge in [0.1, 0.15) is 5.82 Å². The Balaban J connectivity index is 3.23. The van der Waals surface area contributed by atoms with E-state index in [0.29, 0.717) is 6.42 Å². The summed E-state index contributed by atoms with van der Waals surface area (Å²) in [5.74, 6) is -1.31. The van der Waals surface area contributed by atoms with Crippen molar-refractivity contribution in [2.45, 2.75) is 38.1 Å². The molecule has 0 aliphatic heterocycles. The Morgan fingerprint density at radius 1 is 1.32 bits per heavy atom.